The van der Waals surface area contributed by atoms with Crippen LogP contribution in [0.15, 0.2) is 84.4 Å². The molecule has 0 saturated carbocycles. The highest BCUT2D eigenvalue weighted by molar-refractivity contribution is 6.51. The van der Waals surface area contributed by atoms with E-state index in [-0.39, 0.29) is 17.4 Å². The number of hydrogen-bond donors (Lipinski definition) is 1. The maximum Gasteiger partial charge on any atom is 0.300 e. The first kappa shape index (κ1) is 23.1. The van der Waals surface area contributed by atoms with Gasteiger partial charge in [0.05, 0.1) is 24.3 Å². The van der Waals surface area contributed by atoms with Crippen LogP contribution < -0.4 is 14.4 Å². The zero-order chi connectivity index (χ0) is 24.2. The molecule has 1 N–H and O–H groups in total. The molecule has 1 atom stereocenters. The molecule has 1 fully saturated rings. The van der Waals surface area contributed by atoms with Gasteiger partial charge in [0.1, 0.15) is 17.3 Å². The summed E-state index contributed by atoms with van der Waals surface area (Å²) >= 11 is 0. The third kappa shape index (κ3) is 4.53. The zero-order valence-electron chi connectivity index (χ0n) is 19.4. The van der Waals surface area contributed by atoms with Crippen LogP contribution in [-0.4, -0.2) is 29.5 Å². The average molecular weight is 458 g/mol. The van der Waals surface area contributed by atoms with E-state index >= 15 is 0 Å². The maximum absolute atomic E-state index is 13.2. The molecule has 3 aromatic carbocycles. The Kier molecular flexibility index (Phi) is 6.68. The smallest absolute Gasteiger partial charge is 0.300 e. The molecule has 1 heterocycles. The lowest BCUT2D eigenvalue weighted by Crippen LogP contribution is -2.29. The van der Waals surface area contributed by atoms with Gasteiger partial charge in [0.25, 0.3) is 11.7 Å². The summed E-state index contributed by atoms with van der Waals surface area (Å²) in [6.07, 6.45) is 0.0110. The normalized spacial score (nSPS) is 17.3. The van der Waals surface area contributed by atoms with Crippen LogP contribution in [0, 0.1) is 0 Å². The molecule has 1 amide bonds. The van der Waals surface area contributed by atoms with E-state index in [1.54, 1.807) is 48.5 Å². The molecule has 174 valence electrons. The average Bonchev–Trinajstić information content (AvgIpc) is 3.10. The molecule has 0 spiro atoms. The molecule has 4 rings (SSSR count). The number of aliphatic hydroxyl groups excluding tert-OH is 1. The van der Waals surface area contributed by atoms with Gasteiger partial charge in [0.15, 0.2) is 0 Å². The van der Waals surface area contributed by atoms with Crippen molar-refractivity contribution >= 4 is 23.1 Å². The molecule has 0 bridgehead atoms. The van der Waals surface area contributed by atoms with Crippen molar-refractivity contribution in [1.29, 1.82) is 0 Å². The lowest BCUT2D eigenvalue weighted by Gasteiger charge is -2.25. The Morgan fingerprint density at radius 3 is 2.29 bits per heavy atom. The van der Waals surface area contributed by atoms with Gasteiger partial charge in [0, 0.05) is 11.3 Å². The highest BCUT2D eigenvalue weighted by Gasteiger charge is 2.46. The van der Waals surface area contributed by atoms with E-state index in [9.17, 15) is 14.7 Å². The number of Topliss-reactive ketones (excluding diaryl/α,β-unsaturated/α-hetero) is 1. The molecule has 0 radical (unpaired) electrons. The summed E-state index contributed by atoms with van der Waals surface area (Å²) in [7, 11) is 0. The summed E-state index contributed by atoms with van der Waals surface area (Å²) < 4.78 is 11.2. The van der Waals surface area contributed by atoms with E-state index in [1.165, 1.54) is 4.90 Å². The van der Waals surface area contributed by atoms with Gasteiger partial charge in [0.2, 0.25) is 0 Å². The monoisotopic (exact) mass is 457 g/mol. The number of carbonyl (C=O) groups excluding carboxylic acids is 2. The Hall–Kier alpha value is -4.06. The second kappa shape index (κ2) is 9.83. The van der Waals surface area contributed by atoms with Crippen LogP contribution in [0.2, 0.25) is 0 Å². The summed E-state index contributed by atoms with van der Waals surface area (Å²) in [5.41, 5.74) is 1.69. The number of ether oxygens (including phenoxy) is 2. The lowest BCUT2D eigenvalue weighted by molar-refractivity contribution is -0.132. The summed E-state index contributed by atoms with van der Waals surface area (Å²) in [5, 5.41) is 11.2. The van der Waals surface area contributed by atoms with Gasteiger partial charge in [-0.25, -0.2) is 0 Å². The van der Waals surface area contributed by atoms with Crippen molar-refractivity contribution in [1.82, 2.24) is 0 Å². The fraction of sp³-hybridized carbons (Fsp3) is 0.214. The Morgan fingerprint density at radius 2 is 1.65 bits per heavy atom. The largest absolute Gasteiger partial charge is 0.507 e. The zero-order valence-corrected chi connectivity index (χ0v) is 19.4. The quantitative estimate of drug-likeness (QED) is 0.288. The van der Waals surface area contributed by atoms with Gasteiger partial charge < -0.3 is 14.6 Å². The number of benzene rings is 3. The third-order valence-electron chi connectivity index (χ3n) is 5.46. The van der Waals surface area contributed by atoms with Crippen molar-refractivity contribution < 1.29 is 24.2 Å². The van der Waals surface area contributed by atoms with Crippen LogP contribution in [0.4, 0.5) is 5.69 Å². The van der Waals surface area contributed by atoms with Gasteiger partial charge in [-0.05, 0) is 62.7 Å². The number of anilines is 1. The number of aliphatic hydroxyl groups is 1. The minimum absolute atomic E-state index is 0.0110. The first-order valence-corrected chi connectivity index (χ1v) is 11.3. The third-order valence-corrected chi connectivity index (χ3v) is 5.46. The van der Waals surface area contributed by atoms with E-state index in [0.717, 1.165) is 0 Å². The standard InChI is InChI=1S/C28H27NO5/c1-4-33-23-12-8-11-20(17-23)26(30)24-25(19-9-6-5-7-10-19)29(28(32)27(24)31)21-13-15-22(16-14-21)34-18(2)3/h5-18,25,30H,4H2,1-3H3/b26-24-. The lowest BCUT2D eigenvalue weighted by atomic mass is 9.95. The summed E-state index contributed by atoms with van der Waals surface area (Å²) in [4.78, 5) is 27.9. The van der Waals surface area contributed by atoms with E-state index in [1.807, 2.05) is 51.1 Å². The molecular weight excluding hydrogens is 430 g/mol. The van der Waals surface area contributed by atoms with E-state index in [0.29, 0.717) is 34.9 Å². The van der Waals surface area contributed by atoms with Crippen molar-refractivity contribution in [3.8, 4) is 11.5 Å². The van der Waals surface area contributed by atoms with Gasteiger partial charge in [-0.15, -0.1) is 0 Å². The topological polar surface area (TPSA) is 76.1 Å². The highest BCUT2D eigenvalue weighted by Crippen LogP contribution is 2.42. The molecular formula is C28H27NO5. The molecule has 0 aromatic heterocycles. The van der Waals surface area contributed by atoms with Crippen LogP contribution in [0.3, 0.4) is 0 Å². The van der Waals surface area contributed by atoms with Crippen LogP contribution >= 0.6 is 0 Å². The highest BCUT2D eigenvalue weighted by atomic mass is 16.5. The molecule has 6 heteroatoms. The Morgan fingerprint density at radius 1 is 0.941 bits per heavy atom. The van der Waals surface area contributed by atoms with E-state index < -0.39 is 17.7 Å². The Bertz CT molecular complexity index is 1220. The van der Waals surface area contributed by atoms with Crippen LogP contribution in [0.25, 0.3) is 5.76 Å². The number of nitrogens with zero attached hydrogens (tertiary/aromatic N) is 1. The second-order valence-corrected chi connectivity index (χ2v) is 8.20. The van der Waals surface area contributed by atoms with Gasteiger partial charge in [-0.3, -0.25) is 14.5 Å². The molecule has 1 aliphatic rings. The first-order chi connectivity index (χ1) is 16.4. The van der Waals surface area contributed by atoms with Crippen LogP contribution in [0.1, 0.15) is 37.9 Å². The predicted octanol–water partition coefficient (Wildman–Crippen LogP) is 5.50. The Balaban J connectivity index is 1.84. The first-order valence-electron chi connectivity index (χ1n) is 11.3. The van der Waals surface area contributed by atoms with Gasteiger partial charge in [-0.2, -0.15) is 0 Å². The summed E-state index contributed by atoms with van der Waals surface area (Å²) in [6.45, 7) is 6.20. The molecule has 34 heavy (non-hydrogen) atoms. The minimum atomic E-state index is -0.784. The van der Waals surface area contributed by atoms with Gasteiger partial charge in [-0.1, -0.05) is 42.5 Å². The van der Waals surface area contributed by atoms with Crippen LogP contribution in [-0.2, 0) is 9.59 Å². The molecule has 1 aliphatic heterocycles. The molecule has 0 aliphatic carbocycles. The SMILES string of the molecule is CCOc1cccc(/C(O)=C2/C(=O)C(=O)N(c3ccc(OC(C)C)cc3)C2c2ccccc2)c1. The molecule has 6 nitrogen and oxygen atoms in total. The predicted molar refractivity (Wildman–Crippen MR) is 131 cm³/mol. The van der Waals surface area contributed by atoms with Crippen molar-refractivity contribution in [3.05, 3.63) is 95.6 Å². The Labute approximate surface area is 199 Å². The van der Waals surface area contributed by atoms with Crippen molar-refractivity contribution in [2.24, 2.45) is 0 Å². The number of rotatable bonds is 7. The van der Waals surface area contributed by atoms with E-state index in [4.69, 9.17) is 9.47 Å². The van der Waals surface area contributed by atoms with Crippen LogP contribution in [0.5, 0.6) is 11.5 Å². The molecule has 3 aromatic rings. The number of carbonyl (C=O) groups is 2. The fourth-order valence-corrected chi connectivity index (χ4v) is 4.06. The van der Waals surface area contributed by atoms with Gasteiger partial charge >= 0.3 is 0 Å². The number of ketones is 1. The summed E-state index contributed by atoms with van der Waals surface area (Å²) in [6, 6.07) is 22.3. The number of amides is 1. The molecule has 1 saturated heterocycles. The summed E-state index contributed by atoms with van der Waals surface area (Å²) in [5.74, 6) is -0.447. The van der Waals surface area contributed by atoms with Crippen molar-refractivity contribution in [2.75, 3.05) is 11.5 Å². The van der Waals surface area contributed by atoms with Crippen molar-refractivity contribution in [2.45, 2.75) is 32.9 Å². The maximum atomic E-state index is 13.2. The minimum Gasteiger partial charge on any atom is -0.507 e. The van der Waals surface area contributed by atoms with E-state index in [2.05, 4.69) is 0 Å². The number of hydrogen-bond acceptors (Lipinski definition) is 5. The second-order valence-electron chi connectivity index (χ2n) is 8.20. The fourth-order valence-electron chi connectivity index (χ4n) is 4.06. The molecule has 1 unspecified atom stereocenters. The van der Waals surface area contributed by atoms with Crippen molar-refractivity contribution in [3.63, 3.8) is 0 Å².